The van der Waals surface area contributed by atoms with Gasteiger partial charge in [-0.1, -0.05) is 6.92 Å². The van der Waals surface area contributed by atoms with E-state index in [1.165, 1.54) is 6.33 Å². The smallest absolute Gasteiger partial charge is 0.249 e. The highest BCUT2D eigenvalue weighted by Gasteiger charge is 2.34. The van der Waals surface area contributed by atoms with Crippen LogP contribution >= 0.6 is 11.6 Å². The minimum atomic E-state index is -0.481. The lowest BCUT2D eigenvalue weighted by atomic mass is 10.1. The van der Waals surface area contributed by atoms with Crippen LogP contribution < -0.4 is 10.2 Å². The molecular weight excluding hydrogens is 284 g/mol. The molecule has 0 aliphatic carbocycles. The fourth-order valence-electron chi connectivity index (χ4n) is 2.29. The van der Waals surface area contributed by atoms with Gasteiger partial charge in [0, 0.05) is 0 Å². The summed E-state index contributed by atoms with van der Waals surface area (Å²) in [6.45, 7) is 1.89. The van der Waals surface area contributed by atoms with Crippen LogP contribution in [0.15, 0.2) is 6.33 Å². The molecule has 3 rings (SSSR count). The minimum Gasteiger partial charge on any atom is -0.340 e. The fourth-order valence-corrected chi connectivity index (χ4v) is 2.45. The van der Waals surface area contributed by atoms with Gasteiger partial charge in [0.25, 0.3) is 0 Å². The van der Waals surface area contributed by atoms with Crippen LogP contribution in [-0.4, -0.2) is 44.3 Å². The summed E-state index contributed by atoms with van der Waals surface area (Å²) in [4.78, 5) is 40.2. The van der Waals surface area contributed by atoms with Gasteiger partial charge >= 0.3 is 0 Å². The third-order valence-electron chi connectivity index (χ3n) is 3.15. The number of nitrogens with zero attached hydrogens (tertiary/aromatic N) is 4. The molecule has 3 heterocycles. The second-order valence-corrected chi connectivity index (χ2v) is 4.72. The Hall–Kier alpha value is -2.22. The van der Waals surface area contributed by atoms with Crippen molar-refractivity contribution in [1.82, 2.24) is 25.3 Å². The Balaban J connectivity index is 2.14. The van der Waals surface area contributed by atoms with Crippen LogP contribution in [0.3, 0.4) is 0 Å². The number of hydrogen-bond acceptors (Lipinski definition) is 6. The number of halogens is 1. The van der Waals surface area contributed by atoms with E-state index in [9.17, 15) is 9.59 Å². The molecule has 104 valence electrons. The molecule has 1 unspecified atom stereocenters. The van der Waals surface area contributed by atoms with Crippen LogP contribution in [0.25, 0.3) is 11.2 Å². The van der Waals surface area contributed by atoms with Gasteiger partial charge in [-0.25, -0.2) is 4.98 Å². The maximum Gasteiger partial charge on any atom is 0.249 e. The van der Waals surface area contributed by atoms with Crippen molar-refractivity contribution in [3.63, 3.8) is 0 Å². The van der Waals surface area contributed by atoms with Crippen LogP contribution in [-0.2, 0) is 9.59 Å². The first-order valence-corrected chi connectivity index (χ1v) is 6.45. The van der Waals surface area contributed by atoms with E-state index in [2.05, 4.69) is 25.3 Å². The topological polar surface area (TPSA) is 104 Å². The van der Waals surface area contributed by atoms with Gasteiger partial charge in [0.2, 0.25) is 17.1 Å². The summed E-state index contributed by atoms with van der Waals surface area (Å²) in [6, 6.07) is -0.481. The molecule has 0 spiro atoms. The standard InChI is InChI=1S/C11H11ClN6O2/c1-2-5-10(20)15-6(19)3-18(5)9-7-8(14-4-13-7)16-11(12)17-9/h4-5H,2-3H2,1H3,(H,15,19,20)(H,13,14,16,17). The molecule has 8 nitrogen and oxygen atoms in total. The number of rotatable bonds is 2. The predicted octanol–water partition coefficient (Wildman–Crippen LogP) is 0.248. The normalized spacial score (nSPS) is 19.5. The van der Waals surface area contributed by atoms with Crippen LogP contribution in [0.4, 0.5) is 5.82 Å². The molecule has 2 N–H and O–H groups in total. The number of amides is 2. The number of imidazole rings is 1. The van der Waals surface area contributed by atoms with E-state index in [0.717, 1.165) is 0 Å². The number of piperazine rings is 1. The third kappa shape index (κ3) is 1.97. The summed E-state index contributed by atoms with van der Waals surface area (Å²) in [5.74, 6) is -0.305. The first-order valence-electron chi connectivity index (χ1n) is 6.07. The summed E-state index contributed by atoms with van der Waals surface area (Å²) in [5, 5.41) is 2.34. The zero-order chi connectivity index (χ0) is 14.3. The lowest BCUT2D eigenvalue weighted by molar-refractivity contribution is -0.132. The number of hydrogen-bond donors (Lipinski definition) is 2. The number of fused-ring (bicyclic) bond motifs is 1. The largest absolute Gasteiger partial charge is 0.340 e. The van der Waals surface area contributed by atoms with Crippen LogP contribution in [0.1, 0.15) is 13.3 Å². The van der Waals surface area contributed by atoms with Crippen molar-refractivity contribution in [3.05, 3.63) is 11.6 Å². The molecule has 0 saturated carbocycles. The van der Waals surface area contributed by atoms with Crippen molar-refractivity contribution in [2.24, 2.45) is 0 Å². The van der Waals surface area contributed by atoms with Gasteiger partial charge in [-0.3, -0.25) is 14.9 Å². The van der Waals surface area contributed by atoms with Crippen LogP contribution in [0, 0.1) is 0 Å². The first-order chi connectivity index (χ1) is 9.60. The van der Waals surface area contributed by atoms with Crippen molar-refractivity contribution < 1.29 is 9.59 Å². The second kappa shape index (κ2) is 4.71. The lowest BCUT2D eigenvalue weighted by Gasteiger charge is -2.34. The van der Waals surface area contributed by atoms with Gasteiger partial charge in [0.05, 0.1) is 12.9 Å². The van der Waals surface area contributed by atoms with E-state index in [4.69, 9.17) is 11.6 Å². The molecule has 9 heteroatoms. The third-order valence-corrected chi connectivity index (χ3v) is 3.32. The van der Waals surface area contributed by atoms with Gasteiger partial charge < -0.3 is 9.88 Å². The van der Waals surface area contributed by atoms with E-state index in [0.29, 0.717) is 23.4 Å². The summed E-state index contributed by atoms with van der Waals surface area (Å²) >= 11 is 5.88. The molecule has 1 aliphatic heterocycles. The number of carbonyl (C=O) groups is 2. The summed E-state index contributed by atoms with van der Waals surface area (Å²) in [5.41, 5.74) is 0.948. The van der Waals surface area contributed by atoms with Crippen LogP contribution in [0.2, 0.25) is 5.28 Å². The quantitative estimate of drug-likeness (QED) is 0.608. The van der Waals surface area contributed by atoms with E-state index in [1.54, 1.807) is 4.90 Å². The number of aromatic nitrogens is 4. The number of nitrogens with one attached hydrogen (secondary N) is 2. The van der Waals surface area contributed by atoms with Gasteiger partial charge in [-0.2, -0.15) is 9.97 Å². The number of aromatic amines is 1. The average molecular weight is 295 g/mol. The number of carbonyl (C=O) groups excluding carboxylic acids is 2. The number of imide groups is 1. The molecule has 1 fully saturated rings. The lowest BCUT2D eigenvalue weighted by Crippen LogP contribution is -2.58. The van der Waals surface area contributed by atoms with Crippen molar-refractivity contribution in [3.8, 4) is 0 Å². The van der Waals surface area contributed by atoms with Crippen LogP contribution in [0.5, 0.6) is 0 Å². The summed E-state index contributed by atoms with van der Waals surface area (Å²) in [7, 11) is 0. The monoisotopic (exact) mass is 294 g/mol. The van der Waals surface area contributed by atoms with Gasteiger partial charge in [0.1, 0.15) is 11.6 Å². The SMILES string of the molecule is CCC1C(=O)NC(=O)CN1c1nc(Cl)nc2nc[nH]c12. The molecule has 1 aliphatic rings. The summed E-state index contributed by atoms with van der Waals surface area (Å²) in [6.07, 6.45) is 2.00. The Kier molecular flexibility index (Phi) is 3.01. The number of H-pyrrole nitrogens is 1. The highest BCUT2D eigenvalue weighted by atomic mass is 35.5. The minimum absolute atomic E-state index is 0.0212. The summed E-state index contributed by atoms with van der Waals surface area (Å²) < 4.78 is 0. The zero-order valence-corrected chi connectivity index (χ0v) is 11.3. The molecule has 1 saturated heterocycles. The maximum atomic E-state index is 11.9. The maximum absolute atomic E-state index is 11.9. The average Bonchev–Trinajstić information content (AvgIpc) is 2.84. The molecule has 2 aromatic heterocycles. The fraction of sp³-hybridized carbons (Fsp3) is 0.364. The predicted molar refractivity (Wildman–Crippen MR) is 71.3 cm³/mol. The molecule has 2 aromatic rings. The van der Waals surface area contributed by atoms with E-state index in [1.807, 2.05) is 6.92 Å². The van der Waals surface area contributed by atoms with Crippen molar-refractivity contribution >= 4 is 40.4 Å². The van der Waals surface area contributed by atoms with Gasteiger partial charge in [-0.05, 0) is 18.0 Å². The Morgan fingerprint density at radius 1 is 1.45 bits per heavy atom. The van der Waals surface area contributed by atoms with E-state index in [-0.39, 0.29) is 23.6 Å². The van der Waals surface area contributed by atoms with Crippen molar-refractivity contribution in [1.29, 1.82) is 0 Å². The Labute approximate surface area is 118 Å². The Bertz CT molecular complexity index is 699. The highest BCUT2D eigenvalue weighted by molar-refractivity contribution is 6.28. The van der Waals surface area contributed by atoms with Crippen molar-refractivity contribution in [2.75, 3.05) is 11.4 Å². The molecule has 0 bridgehead atoms. The van der Waals surface area contributed by atoms with E-state index < -0.39 is 6.04 Å². The van der Waals surface area contributed by atoms with Gasteiger partial charge in [0.15, 0.2) is 11.5 Å². The number of anilines is 1. The van der Waals surface area contributed by atoms with E-state index >= 15 is 0 Å². The van der Waals surface area contributed by atoms with Crippen molar-refractivity contribution in [2.45, 2.75) is 19.4 Å². The van der Waals surface area contributed by atoms with Gasteiger partial charge in [-0.15, -0.1) is 0 Å². The molecule has 0 aromatic carbocycles. The molecular formula is C11H11ClN6O2. The first kappa shape index (κ1) is 12.8. The Morgan fingerprint density at radius 3 is 3.00 bits per heavy atom. The Morgan fingerprint density at radius 2 is 2.25 bits per heavy atom. The molecule has 1 atom stereocenters. The molecule has 20 heavy (non-hydrogen) atoms. The molecule has 2 amide bonds. The highest BCUT2D eigenvalue weighted by Crippen LogP contribution is 2.26. The zero-order valence-electron chi connectivity index (χ0n) is 10.6. The molecule has 0 radical (unpaired) electrons. The second-order valence-electron chi connectivity index (χ2n) is 4.38.